The van der Waals surface area contributed by atoms with Gasteiger partial charge in [-0.3, -0.25) is 4.79 Å². The van der Waals surface area contributed by atoms with E-state index < -0.39 is 41.6 Å². The third-order valence-corrected chi connectivity index (χ3v) is 8.83. The van der Waals surface area contributed by atoms with Gasteiger partial charge < -0.3 is 10.0 Å². The summed E-state index contributed by atoms with van der Waals surface area (Å²) in [4.78, 5) is 15.9. The summed E-state index contributed by atoms with van der Waals surface area (Å²) >= 11 is 12.6. The first-order valence-corrected chi connectivity index (χ1v) is 13.8. The average Bonchev–Trinajstić information content (AvgIpc) is 3.70. The molecule has 38 heavy (non-hydrogen) atoms. The van der Waals surface area contributed by atoms with Gasteiger partial charge in [-0.25, -0.2) is 0 Å². The van der Waals surface area contributed by atoms with E-state index >= 15 is 0 Å². The number of amides is 1. The van der Waals surface area contributed by atoms with Gasteiger partial charge in [-0.1, -0.05) is 67.4 Å². The molecule has 8 heteroatoms. The van der Waals surface area contributed by atoms with Crippen molar-refractivity contribution in [3.05, 3.63) is 82.4 Å². The van der Waals surface area contributed by atoms with Crippen LogP contribution in [0.15, 0.2) is 61.2 Å². The number of nitrogens with zero attached hydrogens (tertiary/aromatic N) is 1. The number of hydrogen-bond acceptors (Lipinski definition) is 2. The van der Waals surface area contributed by atoms with Crippen LogP contribution in [0.3, 0.4) is 0 Å². The van der Waals surface area contributed by atoms with Crippen molar-refractivity contribution in [3.8, 4) is 0 Å². The van der Waals surface area contributed by atoms with E-state index in [2.05, 4.69) is 6.58 Å². The predicted molar refractivity (Wildman–Crippen MR) is 145 cm³/mol. The Morgan fingerprint density at radius 3 is 2.32 bits per heavy atom. The molecule has 2 aliphatic rings. The van der Waals surface area contributed by atoms with Gasteiger partial charge in [0.05, 0.1) is 11.5 Å². The largest absolute Gasteiger partial charge is 0.417 e. The van der Waals surface area contributed by atoms with Crippen molar-refractivity contribution >= 4 is 29.1 Å². The number of likely N-dealkylation sites (tertiary alicyclic amines) is 1. The molecule has 2 aromatic carbocycles. The maximum atomic E-state index is 14.3. The van der Waals surface area contributed by atoms with Gasteiger partial charge in [-0.05, 0) is 73.4 Å². The highest BCUT2D eigenvalue weighted by Crippen LogP contribution is 2.55. The Labute approximate surface area is 232 Å². The van der Waals surface area contributed by atoms with Crippen LogP contribution in [0.2, 0.25) is 10.0 Å². The van der Waals surface area contributed by atoms with Gasteiger partial charge in [-0.15, -0.1) is 6.58 Å². The molecule has 5 atom stereocenters. The fraction of sp³-hybridized carbons (Fsp3) is 0.500. The number of allylic oxidation sites excluding steroid dienone is 1. The van der Waals surface area contributed by atoms with Crippen LogP contribution in [0.5, 0.6) is 0 Å². The van der Waals surface area contributed by atoms with Crippen LogP contribution in [0.4, 0.5) is 13.2 Å². The van der Waals surface area contributed by atoms with E-state index in [1.807, 2.05) is 37.3 Å². The lowest BCUT2D eigenvalue weighted by molar-refractivity contribution is -0.275. The molecule has 1 saturated heterocycles. The molecule has 1 aliphatic carbocycles. The summed E-state index contributed by atoms with van der Waals surface area (Å²) in [5, 5.41) is 12.1. The Balaban J connectivity index is 1.89. The van der Waals surface area contributed by atoms with Gasteiger partial charge in [-0.2, -0.15) is 13.2 Å². The monoisotopic (exact) mass is 567 g/mol. The van der Waals surface area contributed by atoms with Crippen molar-refractivity contribution in [3.63, 3.8) is 0 Å². The lowest BCUT2D eigenvalue weighted by atomic mass is 9.66. The van der Waals surface area contributed by atoms with E-state index in [1.165, 1.54) is 0 Å². The van der Waals surface area contributed by atoms with E-state index in [0.717, 1.165) is 11.1 Å². The number of alkyl halides is 3. The summed E-state index contributed by atoms with van der Waals surface area (Å²) in [6.07, 6.45) is -1.95. The molecular weight excluding hydrogens is 534 g/mol. The first kappa shape index (κ1) is 29.0. The Hall–Kier alpha value is -2.02. The first-order chi connectivity index (χ1) is 17.8. The second kappa shape index (κ2) is 10.9. The molecule has 2 aromatic rings. The van der Waals surface area contributed by atoms with Crippen LogP contribution in [-0.4, -0.2) is 33.7 Å². The van der Waals surface area contributed by atoms with Crippen molar-refractivity contribution < 1.29 is 23.1 Å². The van der Waals surface area contributed by atoms with Crippen LogP contribution >= 0.6 is 23.2 Å². The summed E-state index contributed by atoms with van der Waals surface area (Å²) in [6.45, 7) is 7.47. The van der Waals surface area contributed by atoms with Crippen molar-refractivity contribution in [2.45, 2.75) is 82.2 Å². The first-order valence-electron chi connectivity index (χ1n) is 13.1. The summed E-state index contributed by atoms with van der Waals surface area (Å²) in [5.74, 6) is -1.34. The number of halogens is 5. The molecule has 1 heterocycles. The fourth-order valence-electron chi connectivity index (χ4n) is 6.16. The number of aliphatic hydroxyl groups is 1. The molecule has 1 saturated carbocycles. The molecular formula is C30H34Cl2F3NO2. The molecule has 0 radical (unpaired) electrons. The van der Waals surface area contributed by atoms with E-state index in [9.17, 15) is 23.1 Å². The van der Waals surface area contributed by atoms with Crippen LogP contribution < -0.4 is 0 Å². The molecule has 0 bridgehead atoms. The van der Waals surface area contributed by atoms with Crippen LogP contribution in [0, 0.1) is 11.3 Å². The minimum Gasteiger partial charge on any atom is -0.380 e. The van der Waals surface area contributed by atoms with Gasteiger partial charge >= 0.3 is 6.18 Å². The SMILES string of the molecule is C=CC[C@@]1(C)C[C@H](c2cccc(Cl)c2)[C@@H](c2ccc(Cl)cc2)N([C@@H](CC)CC(O)(C2CC2)C(F)(F)F)C1=O. The number of carbonyl (C=O) groups is 1. The Morgan fingerprint density at radius 1 is 1.13 bits per heavy atom. The molecule has 0 aromatic heterocycles. The summed E-state index contributed by atoms with van der Waals surface area (Å²) in [5.41, 5.74) is -2.07. The summed E-state index contributed by atoms with van der Waals surface area (Å²) in [7, 11) is 0. The molecule has 1 amide bonds. The quantitative estimate of drug-likeness (QED) is 0.308. The number of piperidine rings is 1. The van der Waals surface area contributed by atoms with Crippen molar-refractivity contribution in [2.75, 3.05) is 0 Å². The van der Waals surface area contributed by atoms with Gasteiger partial charge in [0.1, 0.15) is 0 Å². The number of rotatable bonds is 9. The van der Waals surface area contributed by atoms with Crippen LogP contribution in [0.25, 0.3) is 0 Å². The van der Waals surface area contributed by atoms with Crippen molar-refractivity contribution in [1.29, 1.82) is 0 Å². The van der Waals surface area contributed by atoms with E-state index in [1.54, 1.807) is 36.1 Å². The molecule has 1 N–H and O–H groups in total. The molecule has 206 valence electrons. The zero-order valence-electron chi connectivity index (χ0n) is 21.6. The minimum atomic E-state index is -4.80. The Morgan fingerprint density at radius 2 is 1.79 bits per heavy atom. The lowest BCUT2D eigenvalue weighted by Gasteiger charge is -2.53. The summed E-state index contributed by atoms with van der Waals surface area (Å²) in [6, 6.07) is 13.1. The highest BCUT2D eigenvalue weighted by atomic mass is 35.5. The van der Waals surface area contributed by atoms with E-state index in [-0.39, 0.29) is 18.2 Å². The van der Waals surface area contributed by atoms with Gasteiger partial charge in [0.15, 0.2) is 5.60 Å². The lowest BCUT2D eigenvalue weighted by Crippen LogP contribution is -2.59. The Kier molecular flexibility index (Phi) is 8.28. The average molecular weight is 569 g/mol. The number of benzene rings is 2. The molecule has 1 unspecified atom stereocenters. The fourth-order valence-corrected chi connectivity index (χ4v) is 6.49. The Bertz CT molecular complexity index is 1170. The zero-order valence-corrected chi connectivity index (χ0v) is 23.2. The molecule has 4 rings (SSSR count). The standard InChI is InChI=1S/C30H34Cl2F3NO2/c1-4-15-28(3)18-25(20-7-6-8-23(32)16-20)26(19-9-13-22(31)14-10-19)36(27(28)37)24(5-2)17-29(38,21-11-12-21)30(33,34)35/h4,6-10,13-14,16,21,24-26,38H,1,5,11-12,15,17-18H2,2-3H3/t24-,25+,26+,28-,29?/m0/s1. The number of hydrogen-bond donors (Lipinski definition) is 1. The second-order valence-corrected chi connectivity index (χ2v) is 12.0. The maximum absolute atomic E-state index is 14.3. The van der Waals surface area contributed by atoms with Crippen molar-refractivity contribution in [1.82, 2.24) is 4.90 Å². The smallest absolute Gasteiger partial charge is 0.380 e. The normalized spacial score (nSPS) is 26.6. The topological polar surface area (TPSA) is 40.5 Å². The third-order valence-electron chi connectivity index (χ3n) is 8.34. The molecule has 2 fully saturated rings. The third kappa shape index (κ3) is 5.50. The number of carbonyl (C=O) groups excluding carboxylic acids is 1. The maximum Gasteiger partial charge on any atom is 0.417 e. The molecule has 1 aliphatic heterocycles. The van der Waals surface area contributed by atoms with Gasteiger partial charge in [0, 0.05) is 28.4 Å². The van der Waals surface area contributed by atoms with Gasteiger partial charge in [0.25, 0.3) is 0 Å². The second-order valence-electron chi connectivity index (χ2n) is 11.1. The van der Waals surface area contributed by atoms with Crippen LogP contribution in [-0.2, 0) is 4.79 Å². The molecule has 3 nitrogen and oxygen atoms in total. The van der Waals surface area contributed by atoms with E-state index in [0.29, 0.717) is 35.7 Å². The van der Waals surface area contributed by atoms with Crippen LogP contribution in [0.1, 0.15) is 75.5 Å². The zero-order chi connectivity index (χ0) is 27.9. The van der Waals surface area contributed by atoms with Crippen molar-refractivity contribution in [2.24, 2.45) is 11.3 Å². The highest BCUT2D eigenvalue weighted by molar-refractivity contribution is 6.30. The highest BCUT2D eigenvalue weighted by Gasteiger charge is 2.63. The predicted octanol–water partition coefficient (Wildman–Crippen LogP) is 8.51. The molecule has 0 spiro atoms. The van der Waals surface area contributed by atoms with E-state index in [4.69, 9.17) is 23.2 Å². The van der Waals surface area contributed by atoms with Gasteiger partial charge in [0.2, 0.25) is 5.91 Å². The summed E-state index contributed by atoms with van der Waals surface area (Å²) < 4.78 is 42.9. The minimum absolute atomic E-state index is 0.234.